The smallest absolute Gasteiger partial charge is 0.119 e. The number of rotatable bonds is 7. The number of ether oxygens (including phenoxy) is 1. The molecule has 1 aromatic carbocycles. The van der Waals surface area contributed by atoms with Crippen LogP contribution in [-0.4, -0.2) is 19.7 Å². The molecule has 3 nitrogen and oxygen atoms in total. The molecule has 3 N–H and O–H groups in total. The highest BCUT2D eigenvalue weighted by atomic mass is 16.5. The van der Waals surface area contributed by atoms with Crippen molar-refractivity contribution < 1.29 is 4.74 Å². The number of benzene rings is 1. The van der Waals surface area contributed by atoms with Gasteiger partial charge in [0.15, 0.2) is 0 Å². The van der Waals surface area contributed by atoms with E-state index in [-0.39, 0.29) is 5.41 Å². The molecule has 0 amide bonds. The Balaban J connectivity index is 2.37. The van der Waals surface area contributed by atoms with Crippen LogP contribution in [0.25, 0.3) is 0 Å². The number of nitrogens with one attached hydrogen (secondary N) is 1. The fourth-order valence-corrected chi connectivity index (χ4v) is 1.48. The van der Waals surface area contributed by atoms with Gasteiger partial charge in [-0.3, -0.25) is 0 Å². The Morgan fingerprint density at radius 2 is 1.88 bits per heavy atom. The van der Waals surface area contributed by atoms with Crippen molar-refractivity contribution in [1.82, 2.24) is 0 Å². The quantitative estimate of drug-likeness (QED) is 0.765. The Morgan fingerprint density at radius 1 is 1.24 bits per heavy atom. The van der Waals surface area contributed by atoms with Crippen LogP contribution >= 0.6 is 0 Å². The van der Waals surface area contributed by atoms with E-state index in [1.165, 1.54) is 0 Å². The summed E-state index contributed by atoms with van der Waals surface area (Å²) in [5.41, 5.74) is 7.03. The van der Waals surface area contributed by atoms with E-state index in [4.69, 9.17) is 10.5 Å². The lowest BCUT2D eigenvalue weighted by Gasteiger charge is -2.22. The van der Waals surface area contributed by atoms with Crippen LogP contribution in [0.2, 0.25) is 0 Å². The largest absolute Gasteiger partial charge is 0.494 e. The highest BCUT2D eigenvalue weighted by Gasteiger charge is 2.14. The monoisotopic (exact) mass is 236 g/mol. The Bertz CT molecular complexity index is 319. The van der Waals surface area contributed by atoms with E-state index in [1.54, 1.807) is 0 Å². The van der Waals surface area contributed by atoms with Crippen LogP contribution in [0.5, 0.6) is 5.75 Å². The topological polar surface area (TPSA) is 47.3 Å². The predicted octanol–water partition coefficient (Wildman–Crippen LogP) is 2.87. The second-order valence-electron chi connectivity index (χ2n) is 5.00. The molecule has 0 spiro atoms. The minimum atomic E-state index is 0.207. The summed E-state index contributed by atoms with van der Waals surface area (Å²) in [6.07, 6.45) is 1.07. The maximum atomic E-state index is 5.69. The molecule has 0 fully saturated rings. The first kappa shape index (κ1) is 13.8. The molecule has 1 aromatic rings. The molecule has 0 unspecified atom stereocenters. The summed E-state index contributed by atoms with van der Waals surface area (Å²) in [6, 6.07) is 8.06. The number of nitrogens with two attached hydrogens (primary N) is 1. The van der Waals surface area contributed by atoms with Gasteiger partial charge >= 0.3 is 0 Å². The molecule has 0 aromatic heterocycles. The summed E-state index contributed by atoms with van der Waals surface area (Å²) in [6.45, 7) is 8.73. The van der Waals surface area contributed by atoms with Gasteiger partial charge in [0.2, 0.25) is 0 Å². The maximum Gasteiger partial charge on any atom is 0.119 e. The standard InChI is InChI=1S/C14H24N2O/c1-4-17-13-7-5-12(6-8-13)16-10-9-14(2,3)11-15/h5-8,16H,4,9-11,15H2,1-3H3. The van der Waals surface area contributed by atoms with Gasteiger partial charge in [-0.05, 0) is 49.6 Å². The zero-order chi connectivity index (χ0) is 12.7. The van der Waals surface area contributed by atoms with Gasteiger partial charge < -0.3 is 15.8 Å². The van der Waals surface area contributed by atoms with Gasteiger partial charge in [-0.2, -0.15) is 0 Å². The SMILES string of the molecule is CCOc1ccc(NCCC(C)(C)CN)cc1. The van der Waals surface area contributed by atoms with E-state index in [0.29, 0.717) is 6.61 Å². The zero-order valence-electron chi connectivity index (χ0n) is 11.1. The van der Waals surface area contributed by atoms with E-state index < -0.39 is 0 Å². The van der Waals surface area contributed by atoms with Gasteiger partial charge in [-0.15, -0.1) is 0 Å². The summed E-state index contributed by atoms with van der Waals surface area (Å²) in [5, 5.41) is 3.39. The normalized spacial score (nSPS) is 11.3. The van der Waals surface area contributed by atoms with E-state index in [1.807, 2.05) is 31.2 Å². The van der Waals surface area contributed by atoms with Crippen molar-refractivity contribution in [2.45, 2.75) is 27.2 Å². The summed E-state index contributed by atoms with van der Waals surface area (Å²) < 4.78 is 5.39. The third kappa shape index (κ3) is 5.09. The first-order chi connectivity index (χ1) is 8.07. The van der Waals surface area contributed by atoms with Crippen molar-refractivity contribution in [3.05, 3.63) is 24.3 Å². The maximum absolute atomic E-state index is 5.69. The van der Waals surface area contributed by atoms with Gasteiger partial charge in [0, 0.05) is 12.2 Å². The summed E-state index contributed by atoms with van der Waals surface area (Å²) >= 11 is 0. The predicted molar refractivity (Wildman–Crippen MR) is 73.6 cm³/mol. The van der Waals surface area contributed by atoms with Crippen LogP contribution in [0, 0.1) is 5.41 Å². The zero-order valence-corrected chi connectivity index (χ0v) is 11.1. The van der Waals surface area contributed by atoms with Crippen LogP contribution in [0.1, 0.15) is 27.2 Å². The molecule has 96 valence electrons. The highest BCUT2D eigenvalue weighted by molar-refractivity contribution is 5.46. The second-order valence-corrected chi connectivity index (χ2v) is 5.00. The lowest BCUT2D eigenvalue weighted by atomic mass is 9.90. The first-order valence-corrected chi connectivity index (χ1v) is 6.24. The van der Waals surface area contributed by atoms with Crippen molar-refractivity contribution in [3.8, 4) is 5.75 Å². The number of hydrogen-bond acceptors (Lipinski definition) is 3. The Hall–Kier alpha value is -1.22. The molecule has 0 radical (unpaired) electrons. The molecule has 3 heteroatoms. The van der Waals surface area contributed by atoms with Crippen LogP contribution in [0.4, 0.5) is 5.69 Å². The molecule has 1 rings (SSSR count). The van der Waals surface area contributed by atoms with Gasteiger partial charge in [-0.1, -0.05) is 13.8 Å². The minimum absolute atomic E-state index is 0.207. The van der Waals surface area contributed by atoms with Gasteiger partial charge in [0.1, 0.15) is 5.75 Å². The summed E-state index contributed by atoms with van der Waals surface area (Å²) in [5.74, 6) is 0.917. The van der Waals surface area contributed by atoms with Crippen LogP contribution in [-0.2, 0) is 0 Å². The molecule has 0 atom stereocenters. The van der Waals surface area contributed by atoms with E-state index in [9.17, 15) is 0 Å². The molecule has 0 aliphatic rings. The third-order valence-corrected chi connectivity index (χ3v) is 2.85. The average molecular weight is 236 g/mol. The van der Waals surface area contributed by atoms with Crippen molar-refractivity contribution in [1.29, 1.82) is 0 Å². The van der Waals surface area contributed by atoms with Gasteiger partial charge in [0.05, 0.1) is 6.61 Å². The highest BCUT2D eigenvalue weighted by Crippen LogP contribution is 2.19. The molecule has 0 aliphatic heterocycles. The number of hydrogen-bond donors (Lipinski definition) is 2. The molecule has 0 saturated carbocycles. The van der Waals surface area contributed by atoms with Crippen molar-refractivity contribution in [2.75, 3.05) is 25.0 Å². The van der Waals surface area contributed by atoms with Crippen molar-refractivity contribution in [3.63, 3.8) is 0 Å². The van der Waals surface area contributed by atoms with Crippen LogP contribution in [0.15, 0.2) is 24.3 Å². The van der Waals surface area contributed by atoms with Crippen LogP contribution < -0.4 is 15.8 Å². The number of anilines is 1. The molecule has 0 bridgehead atoms. The van der Waals surface area contributed by atoms with E-state index >= 15 is 0 Å². The van der Waals surface area contributed by atoms with Gasteiger partial charge in [-0.25, -0.2) is 0 Å². The lowest BCUT2D eigenvalue weighted by molar-refractivity contribution is 0.340. The molecule has 0 heterocycles. The molecule has 0 aliphatic carbocycles. The molecular formula is C14H24N2O. The van der Waals surface area contributed by atoms with E-state index in [0.717, 1.165) is 30.9 Å². The fraction of sp³-hybridized carbons (Fsp3) is 0.571. The van der Waals surface area contributed by atoms with Gasteiger partial charge in [0.25, 0.3) is 0 Å². The lowest BCUT2D eigenvalue weighted by Crippen LogP contribution is -2.26. The fourth-order valence-electron chi connectivity index (χ4n) is 1.48. The molecule has 17 heavy (non-hydrogen) atoms. The second kappa shape index (κ2) is 6.50. The van der Waals surface area contributed by atoms with E-state index in [2.05, 4.69) is 19.2 Å². The van der Waals surface area contributed by atoms with Crippen molar-refractivity contribution >= 4 is 5.69 Å². The Morgan fingerprint density at radius 3 is 2.41 bits per heavy atom. The molecule has 0 saturated heterocycles. The Labute approximate surface area is 104 Å². The average Bonchev–Trinajstić information content (AvgIpc) is 2.32. The third-order valence-electron chi connectivity index (χ3n) is 2.85. The minimum Gasteiger partial charge on any atom is -0.494 e. The Kier molecular flexibility index (Phi) is 5.29. The van der Waals surface area contributed by atoms with Crippen LogP contribution in [0.3, 0.4) is 0 Å². The first-order valence-electron chi connectivity index (χ1n) is 6.24. The van der Waals surface area contributed by atoms with Crippen molar-refractivity contribution in [2.24, 2.45) is 11.1 Å². The molecular weight excluding hydrogens is 212 g/mol. The summed E-state index contributed by atoms with van der Waals surface area (Å²) in [4.78, 5) is 0. The summed E-state index contributed by atoms with van der Waals surface area (Å²) in [7, 11) is 0.